The van der Waals surface area contributed by atoms with Crippen LogP contribution in [0.15, 0.2) is 18.3 Å². The summed E-state index contributed by atoms with van der Waals surface area (Å²) in [5, 5.41) is 0.464. The number of fused-ring (bicyclic) bond motifs is 1. The van der Waals surface area contributed by atoms with Gasteiger partial charge in [0.15, 0.2) is 5.15 Å². The zero-order valence-electron chi connectivity index (χ0n) is 6.58. The average Bonchev–Trinajstić information content (AvgIpc) is 2.29. The predicted molar refractivity (Wildman–Crippen MR) is 49.4 cm³/mol. The predicted octanol–water partition coefficient (Wildman–Crippen LogP) is 1.88. The van der Waals surface area contributed by atoms with Crippen molar-refractivity contribution in [3.05, 3.63) is 29.3 Å². The van der Waals surface area contributed by atoms with Gasteiger partial charge in [-0.05, 0) is 19.1 Å². The van der Waals surface area contributed by atoms with Crippen molar-refractivity contribution in [1.82, 2.24) is 9.38 Å². The minimum atomic E-state index is 0.464. The molecule has 2 rings (SSSR count). The van der Waals surface area contributed by atoms with Gasteiger partial charge in [-0.15, -0.1) is 0 Å². The van der Waals surface area contributed by atoms with E-state index in [0.29, 0.717) is 10.8 Å². The fraction of sp³-hybridized carbons (Fsp3) is 0.125. The molecule has 3 nitrogen and oxygen atoms in total. The van der Waals surface area contributed by atoms with Gasteiger partial charge in [-0.1, -0.05) is 11.6 Å². The second-order valence-electron chi connectivity index (χ2n) is 2.63. The summed E-state index contributed by atoms with van der Waals surface area (Å²) >= 11 is 5.87. The summed E-state index contributed by atoms with van der Waals surface area (Å²) in [5.41, 5.74) is 7.17. The molecule has 0 saturated carbocycles. The fourth-order valence-electron chi connectivity index (χ4n) is 1.26. The maximum atomic E-state index is 5.87. The number of anilines is 1. The normalized spacial score (nSPS) is 10.8. The van der Waals surface area contributed by atoms with E-state index in [2.05, 4.69) is 4.98 Å². The lowest BCUT2D eigenvalue weighted by Crippen LogP contribution is -1.91. The zero-order chi connectivity index (χ0) is 8.72. The first-order valence-corrected chi connectivity index (χ1v) is 3.96. The number of nitrogens with zero attached hydrogens (tertiary/aromatic N) is 2. The number of halogens is 1. The van der Waals surface area contributed by atoms with E-state index in [1.807, 2.05) is 29.7 Å². The van der Waals surface area contributed by atoms with Crippen molar-refractivity contribution in [1.29, 1.82) is 0 Å². The van der Waals surface area contributed by atoms with Gasteiger partial charge in [0.05, 0.1) is 5.69 Å². The van der Waals surface area contributed by atoms with E-state index in [4.69, 9.17) is 17.3 Å². The van der Waals surface area contributed by atoms with Crippen LogP contribution in [0.1, 0.15) is 5.82 Å². The Morgan fingerprint density at radius 3 is 3.00 bits per heavy atom. The average molecular weight is 182 g/mol. The highest BCUT2D eigenvalue weighted by molar-refractivity contribution is 6.33. The molecule has 2 aromatic heterocycles. The van der Waals surface area contributed by atoms with Crippen LogP contribution in [0, 0.1) is 6.92 Å². The van der Waals surface area contributed by atoms with Gasteiger partial charge >= 0.3 is 0 Å². The number of aryl methyl sites for hydroxylation is 1. The number of aromatic nitrogens is 2. The Labute approximate surface area is 74.8 Å². The van der Waals surface area contributed by atoms with Crippen LogP contribution in [0.2, 0.25) is 5.15 Å². The molecule has 0 aliphatic heterocycles. The number of rotatable bonds is 0. The van der Waals surface area contributed by atoms with Gasteiger partial charge in [0.2, 0.25) is 0 Å². The van der Waals surface area contributed by atoms with E-state index in [1.54, 1.807) is 0 Å². The molecule has 0 amide bonds. The second kappa shape index (κ2) is 2.38. The molecule has 2 heterocycles. The van der Waals surface area contributed by atoms with Gasteiger partial charge in [0.1, 0.15) is 11.3 Å². The summed E-state index contributed by atoms with van der Waals surface area (Å²) in [6.45, 7) is 1.89. The molecule has 0 aliphatic rings. The van der Waals surface area contributed by atoms with Crippen LogP contribution in [0.5, 0.6) is 0 Å². The molecule has 4 heteroatoms. The van der Waals surface area contributed by atoms with E-state index >= 15 is 0 Å². The van der Waals surface area contributed by atoms with Crippen molar-refractivity contribution >= 4 is 22.8 Å². The number of hydrogen-bond acceptors (Lipinski definition) is 2. The van der Waals surface area contributed by atoms with Crippen molar-refractivity contribution < 1.29 is 0 Å². The Hall–Kier alpha value is -1.22. The smallest absolute Gasteiger partial charge is 0.157 e. The number of imidazole rings is 1. The Kier molecular flexibility index (Phi) is 1.48. The van der Waals surface area contributed by atoms with Gasteiger partial charge in [-0.2, -0.15) is 0 Å². The largest absolute Gasteiger partial charge is 0.397 e. The molecule has 0 bridgehead atoms. The van der Waals surface area contributed by atoms with Crippen LogP contribution in [0.3, 0.4) is 0 Å². The molecule has 0 radical (unpaired) electrons. The molecular formula is C8H8ClN3. The highest BCUT2D eigenvalue weighted by atomic mass is 35.5. The van der Waals surface area contributed by atoms with Crippen LogP contribution in [0.25, 0.3) is 5.52 Å². The molecular weight excluding hydrogens is 174 g/mol. The van der Waals surface area contributed by atoms with Gasteiger partial charge < -0.3 is 10.1 Å². The maximum Gasteiger partial charge on any atom is 0.157 e. The Balaban J connectivity index is 2.99. The highest BCUT2D eigenvalue weighted by Gasteiger charge is 2.07. The number of nitrogen functional groups attached to an aromatic ring is 1. The molecule has 0 unspecified atom stereocenters. The quantitative estimate of drug-likeness (QED) is 0.675. The molecule has 12 heavy (non-hydrogen) atoms. The summed E-state index contributed by atoms with van der Waals surface area (Å²) in [4.78, 5) is 4.10. The van der Waals surface area contributed by atoms with Crippen LogP contribution in [-0.4, -0.2) is 9.38 Å². The van der Waals surface area contributed by atoms with Crippen molar-refractivity contribution in [3.8, 4) is 0 Å². The van der Waals surface area contributed by atoms with Gasteiger partial charge in [-0.25, -0.2) is 4.98 Å². The molecule has 0 fully saturated rings. The Morgan fingerprint density at radius 1 is 1.58 bits per heavy atom. The lowest BCUT2D eigenvalue weighted by Gasteiger charge is -1.97. The van der Waals surface area contributed by atoms with Gasteiger partial charge in [0, 0.05) is 6.20 Å². The molecule has 62 valence electrons. The summed E-state index contributed by atoms with van der Waals surface area (Å²) in [6.07, 6.45) is 1.89. The molecule has 0 aromatic carbocycles. The second-order valence-corrected chi connectivity index (χ2v) is 2.99. The molecule has 0 atom stereocenters. The van der Waals surface area contributed by atoms with Crippen LogP contribution in [-0.2, 0) is 0 Å². The van der Waals surface area contributed by atoms with Crippen LogP contribution < -0.4 is 5.73 Å². The fourth-order valence-corrected chi connectivity index (χ4v) is 1.58. The number of pyridine rings is 1. The first kappa shape index (κ1) is 7.43. The summed E-state index contributed by atoms with van der Waals surface area (Å²) < 4.78 is 1.87. The van der Waals surface area contributed by atoms with E-state index in [1.165, 1.54) is 0 Å². The minimum absolute atomic E-state index is 0.464. The van der Waals surface area contributed by atoms with E-state index < -0.39 is 0 Å². The van der Waals surface area contributed by atoms with Crippen molar-refractivity contribution in [2.45, 2.75) is 6.92 Å². The van der Waals surface area contributed by atoms with Crippen LogP contribution >= 0.6 is 11.6 Å². The molecule has 0 saturated heterocycles. The Morgan fingerprint density at radius 2 is 2.33 bits per heavy atom. The Bertz CT molecular complexity index is 433. The zero-order valence-corrected chi connectivity index (χ0v) is 7.34. The summed E-state index contributed by atoms with van der Waals surface area (Å²) in [7, 11) is 0. The lowest BCUT2D eigenvalue weighted by atomic mass is 10.3. The third-order valence-corrected chi connectivity index (χ3v) is 2.09. The highest BCUT2D eigenvalue weighted by Crippen LogP contribution is 2.22. The van der Waals surface area contributed by atoms with Gasteiger partial charge in [-0.3, -0.25) is 0 Å². The maximum absolute atomic E-state index is 5.87. The number of nitrogens with two attached hydrogens (primary N) is 1. The molecule has 0 aliphatic carbocycles. The molecule has 2 N–H and O–H groups in total. The summed E-state index contributed by atoms with van der Waals surface area (Å²) in [6, 6.07) is 3.68. The van der Waals surface area contributed by atoms with Gasteiger partial charge in [0.25, 0.3) is 0 Å². The van der Waals surface area contributed by atoms with E-state index in [0.717, 1.165) is 11.3 Å². The number of hydrogen-bond donors (Lipinski definition) is 1. The summed E-state index contributed by atoms with van der Waals surface area (Å²) in [5.74, 6) is 0.849. The first-order chi connectivity index (χ1) is 5.70. The lowest BCUT2D eigenvalue weighted by molar-refractivity contribution is 1.05. The third-order valence-electron chi connectivity index (χ3n) is 1.83. The standard InChI is InChI=1S/C8H8ClN3/c1-5-11-8(9)7-6(10)3-2-4-12(5)7/h2-4H,10H2,1H3. The minimum Gasteiger partial charge on any atom is -0.397 e. The van der Waals surface area contributed by atoms with E-state index in [9.17, 15) is 0 Å². The monoisotopic (exact) mass is 181 g/mol. The van der Waals surface area contributed by atoms with Crippen molar-refractivity contribution in [3.63, 3.8) is 0 Å². The van der Waals surface area contributed by atoms with Crippen molar-refractivity contribution in [2.24, 2.45) is 0 Å². The molecule has 0 spiro atoms. The third kappa shape index (κ3) is 0.865. The van der Waals surface area contributed by atoms with Crippen molar-refractivity contribution in [2.75, 3.05) is 5.73 Å². The first-order valence-electron chi connectivity index (χ1n) is 3.59. The SMILES string of the molecule is Cc1nc(Cl)c2c(N)cccn12. The topological polar surface area (TPSA) is 43.3 Å². The van der Waals surface area contributed by atoms with E-state index in [-0.39, 0.29) is 0 Å². The molecule has 2 aromatic rings. The van der Waals surface area contributed by atoms with Crippen LogP contribution in [0.4, 0.5) is 5.69 Å².